The van der Waals surface area contributed by atoms with Crippen molar-refractivity contribution in [2.24, 2.45) is 0 Å². The molecule has 0 aromatic carbocycles. The number of thiophene rings is 2. The molecule has 1 nitrogen and oxygen atoms in total. The maximum atomic E-state index is 11.7. The molecule has 0 bridgehead atoms. The molecule has 0 amide bonds. The Kier molecular flexibility index (Phi) is 3.01. The third kappa shape index (κ3) is 2.23. The summed E-state index contributed by atoms with van der Waals surface area (Å²) >= 11 is 8.70. The van der Waals surface area contributed by atoms with Gasteiger partial charge in [0.15, 0.2) is 5.78 Å². The number of hydrogen-bond donors (Lipinski definition) is 0. The second-order valence-corrected chi connectivity index (χ2v) is 5.33. The summed E-state index contributed by atoms with van der Waals surface area (Å²) in [6.45, 7) is 0. The third-order valence-corrected chi connectivity index (χ3v) is 3.80. The highest BCUT2D eigenvalue weighted by atomic mass is 35.5. The van der Waals surface area contributed by atoms with Gasteiger partial charge in [0.05, 0.1) is 9.21 Å². The zero-order valence-electron chi connectivity index (χ0n) is 7.20. The molecule has 2 heterocycles. The Labute approximate surface area is 95.0 Å². The Morgan fingerprint density at radius 2 is 2.21 bits per heavy atom. The minimum atomic E-state index is 0.139. The van der Waals surface area contributed by atoms with Gasteiger partial charge in [0.1, 0.15) is 0 Å². The number of halogens is 1. The molecule has 0 saturated heterocycles. The molecule has 4 heteroatoms. The Morgan fingerprint density at radius 3 is 2.79 bits per heavy atom. The van der Waals surface area contributed by atoms with Gasteiger partial charge in [0.2, 0.25) is 0 Å². The van der Waals surface area contributed by atoms with E-state index in [2.05, 4.69) is 0 Å². The largest absolute Gasteiger partial charge is 0.293 e. The fourth-order valence-electron chi connectivity index (χ4n) is 1.13. The van der Waals surface area contributed by atoms with Crippen LogP contribution < -0.4 is 0 Å². The number of rotatable bonds is 3. The van der Waals surface area contributed by atoms with E-state index in [9.17, 15) is 4.79 Å². The van der Waals surface area contributed by atoms with Crippen molar-refractivity contribution in [3.63, 3.8) is 0 Å². The van der Waals surface area contributed by atoms with Gasteiger partial charge >= 0.3 is 0 Å². The second kappa shape index (κ2) is 4.26. The van der Waals surface area contributed by atoms with Crippen LogP contribution in [0.5, 0.6) is 0 Å². The molecule has 0 aliphatic carbocycles. The smallest absolute Gasteiger partial charge is 0.177 e. The van der Waals surface area contributed by atoms with E-state index in [4.69, 9.17) is 11.6 Å². The van der Waals surface area contributed by atoms with Crippen LogP contribution >= 0.6 is 34.3 Å². The highest BCUT2D eigenvalue weighted by Crippen LogP contribution is 2.23. The van der Waals surface area contributed by atoms with E-state index in [1.165, 1.54) is 11.3 Å². The topological polar surface area (TPSA) is 17.1 Å². The Bertz CT molecular complexity index is 431. The first-order valence-corrected chi connectivity index (χ1v) is 6.19. The van der Waals surface area contributed by atoms with E-state index in [-0.39, 0.29) is 5.78 Å². The van der Waals surface area contributed by atoms with E-state index in [0.717, 1.165) is 10.4 Å². The summed E-state index contributed by atoms with van der Waals surface area (Å²) in [5.41, 5.74) is 1.07. The number of Topliss-reactive ketones (excluding diaryl/α,β-unsaturated/α-hetero) is 1. The summed E-state index contributed by atoms with van der Waals surface area (Å²) in [7, 11) is 0. The van der Waals surface area contributed by atoms with Gasteiger partial charge < -0.3 is 0 Å². The minimum Gasteiger partial charge on any atom is -0.293 e. The van der Waals surface area contributed by atoms with E-state index in [1.807, 2.05) is 16.8 Å². The molecule has 2 rings (SSSR count). The molecule has 0 unspecified atom stereocenters. The van der Waals surface area contributed by atoms with Crippen LogP contribution in [-0.2, 0) is 6.42 Å². The molecule has 0 atom stereocenters. The number of ketones is 1. The van der Waals surface area contributed by atoms with Crippen LogP contribution in [0.2, 0.25) is 4.34 Å². The van der Waals surface area contributed by atoms with E-state index in [1.54, 1.807) is 23.5 Å². The maximum Gasteiger partial charge on any atom is 0.177 e. The lowest BCUT2D eigenvalue weighted by molar-refractivity contribution is 0.0997. The normalized spacial score (nSPS) is 10.4. The van der Waals surface area contributed by atoms with Gasteiger partial charge in [-0.2, -0.15) is 11.3 Å². The van der Waals surface area contributed by atoms with Gasteiger partial charge in [0.25, 0.3) is 0 Å². The van der Waals surface area contributed by atoms with Crippen molar-refractivity contribution < 1.29 is 4.79 Å². The van der Waals surface area contributed by atoms with Crippen LogP contribution in [0.4, 0.5) is 0 Å². The SMILES string of the molecule is O=C(Cc1ccsc1)c1ccc(Cl)s1. The van der Waals surface area contributed by atoms with Gasteiger partial charge in [-0.1, -0.05) is 11.6 Å². The van der Waals surface area contributed by atoms with Gasteiger partial charge in [0, 0.05) is 6.42 Å². The van der Waals surface area contributed by atoms with E-state index < -0.39 is 0 Å². The van der Waals surface area contributed by atoms with E-state index >= 15 is 0 Å². The molecule has 0 spiro atoms. The van der Waals surface area contributed by atoms with Gasteiger partial charge in [-0.05, 0) is 34.5 Å². The van der Waals surface area contributed by atoms with Crippen LogP contribution in [0.3, 0.4) is 0 Å². The molecule has 0 fully saturated rings. The summed E-state index contributed by atoms with van der Waals surface area (Å²) in [4.78, 5) is 12.4. The van der Waals surface area contributed by atoms with Crippen LogP contribution in [0.1, 0.15) is 15.2 Å². The molecular weight excluding hydrogens is 236 g/mol. The predicted molar refractivity (Wildman–Crippen MR) is 61.7 cm³/mol. The molecule has 0 aliphatic rings. The molecule has 14 heavy (non-hydrogen) atoms. The van der Waals surface area contributed by atoms with E-state index in [0.29, 0.717) is 10.8 Å². The second-order valence-electron chi connectivity index (χ2n) is 2.84. The Morgan fingerprint density at radius 1 is 1.36 bits per heavy atom. The molecule has 0 saturated carbocycles. The van der Waals surface area contributed by atoms with Gasteiger partial charge in [-0.15, -0.1) is 11.3 Å². The Hall–Kier alpha value is -0.640. The fraction of sp³-hybridized carbons (Fsp3) is 0.100. The van der Waals surface area contributed by atoms with Crippen LogP contribution in [0, 0.1) is 0 Å². The molecule has 72 valence electrons. The quantitative estimate of drug-likeness (QED) is 0.747. The molecular formula is C10H7ClOS2. The summed E-state index contributed by atoms with van der Waals surface area (Å²) in [6, 6.07) is 5.51. The highest BCUT2D eigenvalue weighted by molar-refractivity contribution is 7.18. The highest BCUT2D eigenvalue weighted by Gasteiger charge is 2.09. The summed E-state index contributed by atoms with van der Waals surface area (Å²) in [6.07, 6.45) is 0.473. The van der Waals surface area contributed by atoms with Crippen molar-refractivity contribution in [2.45, 2.75) is 6.42 Å². The van der Waals surface area contributed by atoms with Crippen molar-refractivity contribution in [2.75, 3.05) is 0 Å². The number of carbonyl (C=O) groups excluding carboxylic acids is 1. The summed E-state index contributed by atoms with van der Waals surface area (Å²) in [5, 5.41) is 3.97. The summed E-state index contributed by atoms with van der Waals surface area (Å²) < 4.78 is 0.665. The first kappa shape index (κ1) is 9.90. The maximum absolute atomic E-state index is 11.7. The number of carbonyl (C=O) groups is 1. The Balaban J connectivity index is 2.10. The average Bonchev–Trinajstić information content (AvgIpc) is 2.75. The van der Waals surface area contributed by atoms with Crippen molar-refractivity contribution >= 4 is 40.1 Å². The molecule has 0 N–H and O–H groups in total. The zero-order chi connectivity index (χ0) is 9.97. The third-order valence-electron chi connectivity index (χ3n) is 1.79. The van der Waals surface area contributed by atoms with Crippen LogP contribution in [0.25, 0.3) is 0 Å². The average molecular weight is 243 g/mol. The van der Waals surface area contributed by atoms with Crippen molar-refractivity contribution in [3.8, 4) is 0 Å². The molecule has 2 aromatic heterocycles. The zero-order valence-corrected chi connectivity index (χ0v) is 9.59. The van der Waals surface area contributed by atoms with Crippen LogP contribution in [-0.4, -0.2) is 5.78 Å². The van der Waals surface area contributed by atoms with Crippen molar-refractivity contribution in [1.29, 1.82) is 0 Å². The van der Waals surface area contributed by atoms with Crippen molar-refractivity contribution in [3.05, 3.63) is 43.7 Å². The minimum absolute atomic E-state index is 0.139. The monoisotopic (exact) mass is 242 g/mol. The van der Waals surface area contributed by atoms with Crippen LogP contribution in [0.15, 0.2) is 29.0 Å². The van der Waals surface area contributed by atoms with Crippen molar-refractivity contribution in [1.82, 2.24) is 0 Å². The first-order chi connectivity index (χ1) is 6.75. The van der Waals surface area contributed by atoms with Gasteiger partial charge in [-0.3, -0.25) is 4.79 Å². The molecule has 2 aromatic rings. The lowest BCUT2D eigenvalue weighted by atomic mass is 10.1. The summed E-state index contributed by atoms with van der Waals surface area (Å²) in [5.74, 6) is 0.139. The lowest BCUT2D eigenvalue weighted by Crippen LogP contribution is -1.99. The fourth-order valence-corrected chi connectivity index (χ4v) is 2.78. The predicted octanol–water partition coefficient (Wildman–Crippen LogP) is 3.89. The number of hydrogen-bond acceptors (Lipinski definition) is 3. The first-order valence-electron chi connectivity index (χ1n) is 4.05. The van der Waals surface area contributed by atoms with Gasteiger partial charge in [-0.25, -0.2) is 0 Å². The standard InChI is InChI=1S/C10H7ClOS2/c11-10-2-1-9(14-10)8(12)5-7-3-4-13-6-7/h1-4,6H,5H2. The lowest BCUT2D eigenvalue weighted by Gasteiger charge is -1.93. The molecule has 0 radical (unpaired) electrons. The molecule has 0 aliphatic heterocycles.